The lowest BCUT2D eigenvalue weighted by molar-refractivity contribution is 0.0987. The highest BCUT2D eigenvalue weighted by molar-refractivity contribution is 7.09. The van der Waals surface area contributed by atoms with Gasteiger partial charge in [0, 0.05) is 12.4 Å². The van der Waals surface area contributed by atoms with Gasteiger partial charge in [-0.2, -0.15) is 0 Å². The van der Waals surface area contributed by atoms with Crippen molar-refractivity contribution in [3.05, 3.63) is 28.5 Å². The fourth-order valence-electron chi connectivity index (χ4n) is 1.42. The summed E-state index contributed by atoms with van der Waals surface area (Å²) in [5, 5.41) is 2.69. The molecule has 19 heavy (non-hydrogen) atoms. The molecule has 2 rings (SSSR count). The molecule has 0 saturated carbocycles. The molecule has 0 aliphatic heterocycles. The maximum Gasteiger partial charge on any atom is 0.279 e. The Kier molecular flexibility index (Phi) is 4.06. The van der Waals surface area contributed by atoms with E-state index in [2.05, 4.69) is 15.0 Å². The van der Waals surface area contributed by atoms with Crippen molar-refractivity contribution >= 4 is 23.2 Å². The molecule has 6 nitrogen and oxygen atoms in total. The number of hydrogen-bond donors (Lipinski definition) is 0. The van der Waals surface area contributed by atoms with Crippen LogP contribution < -0.4 is 9.64 Å². The maximum atomic E-state index is 12.2. The maximum absolute atomic E-state index is 12.2. The standard InChI is InChI=1S/C12H14N4O2S/c1-4-10-15-9(7-19-10)11(17)16(2)12-13-5-8(18-3)6-14-12/h5-7H,4H2,1-3H3. The molecule has 0 saturated heterocycles. The van der Waals surface area contributed by atoms with Gasteiger partial charge in [0.05, 0.1) is 24.5 Å². The van der Waals surface area contributed by atoms with E-state index in [1.165, 1.54) is 35.7 Å². The first kappa shape index (κ1) is 13.4. The summed E-state index contributed by atoms with van der Waals surface area (Å²) in [5.74, 6) is 0.643. The van der Waals surface area contributed by atoms with E-state index in [0.29, 0.717) is 17.4 Å². The summed E-state index contributed by atoms with van der Waals surface area (Å²) in [6.45, 7) is 2.00. The average molecular weight is 278 g/mol. The normalized spacial score (nSPS) is 10.3. The van der Waals surface area contributed by atoms with E-state index in [1.54, 1.807) is 12.4 Å². The number of hydrogen-bond acceptors (Lipinski definition) is 6. The molecule has 0 bridgehead atoms. The Labute approximate surface area is 115 Å². The van der Waals surface area contributed by atoms with Crippen LogP contribution in [0.3, 0.4) is 0 Å². The first-order valence-electron chi connectivity index (χ1n) is 5.74. The Morgan fingerprint density at radius 1 is 1.42 bits per heavy atom. The van der Waals surface area contributed by atoms with E-state index >= 15 is 0 Å². The molecule has 2 heterocycles. The Bertz CT molecular complexity index is 567. The predicted molar refractivity (Wildman–Crippen MR) is 72.8 cm³/mol. The third-order valence-electron chi connectivity index (χ3n) is 2.53. The molecule has 0 unspecified atom stereocenters. The van der Waals surface area contributed by atoms with Crippen molar-refractivity contribution in [3.8, 4) is 5.75 Å². The molecule has 0 aliphatic carbocycles. The van der Waals surface area contributed by atoms with E-state index in [4.69, 9.17) is 4.74 Å². The molecular formula is C12H14N4O2S. The zero-order valence-corrected chi connectivity index (χ0v) is 11.8. The minimum Gasteiger partial charge on any atom is -0.494 e. The molecule has 1 amide bonds. The van der Waals surface area contributed by atoms with Crippen molar-refractivity contribution in [3.63, 3.8) is 0 Å². The lowest BCUT2D eigenvalue weighted by Gasteiger charge is -2.13. The second-order valence-electron chi connectivity index (χ2n) is 3.77. The predicted octanol–water partition coefficient (Wildman–Crippen LogP) is 1.78. The van der Waals surface area contributed by atoms with Gasteiger partial charge in [-0.25, -0.2) is 15.0 Å². The minimum absolute atomic E-state index is 0.221. The van der Waals surface area contributed by atoms with Gasteiger partial charge in [-0.3, -0.25) is 9.69 Å². The van der Waals surface area contributed by atoms with Crippen LogP contribution in [0, 0.1) is 0 Å². The number of carbonyl (C=O) groups is 1. The fourth-order valence-corrected chi connectivity index (χ4v) is 2.14. The number of aryl methyl sites for hydroxylation is 1. The molecule has 2 aromatic rings. The van der Waals surface area contributed by atoms with Gasteiger partial charge >= 0.3 is 0 Å². The smallest absolute Gasteiger partial charge is 0.279 e. The second kappa shape index (κ2) is 5.75. The Morgan fingerprint density at radius 2 is 2.11 bits per heavy atom. The van der Waals surface area contributed by atoms with Gasteiger partial charge in [-0.1, -0.05) is 6.92 Å². The largest absolute Gasteiger partial charge is 0.494 e. The van der Waals surface area contributed by atoms with Crippen LogP contribution in [0.5, 0.6) is 5.75 Å². The number of rotatable bonds is 4. The number of ether oxygens (including phenoxy) is 1. The van der Waals surface area contributed by atoms with E-state index in [9.17, 15) is 4.79 Å². The molecule has 0 radical (unpaired) electrons. The summed E-state index contributed by atoms with van der Waals surface area (Å²) in [7, 11) is 3.16. The van der Waals surface area contributed by atoms with Crippen molar-refractivity contribution < 1.29 is 9.53 Å². The molecule has 0 fully saturated rings. The number of thiazole rings is 1. The van der Waals surface area contributed by atoms with Crippen LogP contribution in [0.25, 0.3) is 0 Å². The van der Waals surface area contributed by atoms with Crippen molar-refractivity contribution in [2.45, 2.75) is 13.3 Å². The summed E-state index contributed by atoms with van der Waals surface area (Å²) in [6, 6.07) is 0. The highest BCUT2D eigenvalue weighted by atomic mass is 32.1. The zero-order chi connectivity index (χ0) is 13.8. The van der Waals surface area contributed by atoms with Gasteiger partial charge in [0.15, 0.2) is 5.75 Å². The molecular weight excluding hydrogens is 264 g/mol. The van der Waals surface area contributed by atoms with Crippen molar-refractivity contribution in [2.75, 3.05) is 19.1 Å². The molecule has 100 valence electrons. The molecule has 0 atom stereocenters. The second-order valence-corrected chi connectivity index (χ2v) is 4.71. The van der Waals surface area contributed by atoms with E-state index in [1.807, 2.05) is 6.92 Å². The van der Waals surface area contributed by atoms with E-state index in [0.717, 1.165) is 11.4 Å². The van der Waals surface area contributed by atoms with Gasteiger partial charge < -0.3 is 4.74 Å². The molecule has 2 aromatic heterocycles. The van der Waals surface area contributed by atoms with Gasteiger partial charge in [0.1, 0.15) is 5.69 Å². The molecule has 0 spiro atoms. The summed E-state index contributed by atoms with van der Waals surface area (Å²) in [5.41, 5.74) is 0.420. The van der Waals surface area contributed by atoms with Crippen LogP contribution in [-0.4, -0.2) is 35.0 Å². The van der Waals surface area contributed by atoms with Gasteiger partial charge in [0.2, 0.25) is 5.95 Å². The number of nitrogens with zero attached hydrogens (tertiary/aromatic N) is 4. The van der Waals surface area contributed by atoms with Crippen LogP contribution in [0.4, 0.5) is 5.95 Å². The number of aromatic nitrogens is 3. The van der Waals surface area contributed by atoms with Crippen molar-refractivity contribution in [2.24, 2.45) is 0 Å². The van der Waals surface area contributed by atoms with Crippen LogP contribution in [0.1, 0.15) is 22.4 Å². The molecule has 0 aliphatic rings. The van der Waals surface area contributed by atoms with E-state index < -0.39 is 0 Å². The van der Waals surface area contributed by atoms with Crippen LogP contribution in [-0.2, 0) is 6.42 Å². The van der Waals surface area contributed by atoms with Crippen molar-refractivity contribution in [1.29, 1.82) is 0 Å². The van der Waals surface area contributed by atoms with Crippen LogP contribution >= 0.6 is 11.3 Å². The van der Waals surface area contributed by atoms with Gasteiger partial charge in [-0.05, 0) is 6.42 Å². The third kappa shape index (κ3) is 2.87. The molecule has 0 aromatic carbocycles. The summed E-state index contributed by atoms with van der Waals surface area (Å²) in [4.78, 5) is 25.9. The van der Waals surface area contributed by atoms with Crippen LogP contribution in [0.2, 0.25) is 0 Å². The van der Waals surface area contributed by atoms with Crippen LogP contribution in [0.15, 0.2) is 17.8 Å². The number of amides is 1. The van der Waals surface area contributed by atoms with E-state index in [-0.39, 0.29) is 5.91 Å². The average Bonchev–Trinajstić information content (AvgIpc) is 2.94. The van der Waals surface area contributed by atoms with Gasteiger partial charge in [0.25, 0.3) is 5.91 Å². The fraction of sp³-hybridized carbons (Fsp3) is 0.333. The minimum atomic E-state index is -0.221. The quantitative estimate of drug-likeness (QED) is 0.852. The summed E-state index contributed by atoms with van der Waals surface area (Å²) < 4.78 is 4.97. The number of anilines is 1. The number of methoxy groups -OCH3 is 1. The lowest BCUT2D eigenvalue weighted by Crippen LogP contribution is -2.28. The Morgan fingerprint density at radius 3 is 2.63 bits per heavy atom. The third-order valence-corrected chi connectivity index (χ3v) is 3.52. The van der Waals surface area contributed by atoms with Crippen molar-refractivity contribution in [1.82, 2.24) is 15.0 Å². The Balaban J connectivity index is 2.17. The molecule has 0 N–H and O–H groups in total. The molecule has 7 heteroatoms. The monoisotopic (exact) mass is 278 g/mol. The summed E-state index contributed by atoms with van der Waals surface area (Å²) in [6.07, 6.45) is 3.86. The highest BCUT2D eigenvalue weighted by Crippen LogP contribution is 2.15. The first-order valence-corrected chi connectivity index (χ1v) is 6.62. The summed E-state index contributed by atoms with van der Waals surface area (Å²) >= 11 is 1.48. The zero-order valence-electron chi connectivity index (χ0n) is 11.0. The van der Waals surface area contributed by atoms with Gasteiger partial charge in [-0.15, -0.1) is 11.3 Å². The lowest BCUT2D eigenvalue weighted by atomic mass is 10.4. The number of carbonyl (C=O) groups excluding carboxylic acids is 1. The Hall–Kier alpha value is -2.02. The first-order chi connectivity index (χ1) is 9.15. The topological polar surface area (TPSA) is 68.2 Å². The SMILES string of the molecule is CCc1nc(C(=O)N(C)c2ncc(OC)cn2)cs1. The highest BCUT2D eigenvalue weighted by Gasteiger charge is 2.18.